The molecule has 1 amide bonds. The average molecular weight is 441 g/mol. The van der Waals surface area contributed by atoms with Crippen molar-refractivity contribution in [2.45, 2.75) is 18.4 Å². The Morgan fingerprint density at radius 1 is 1.28 bits per heavy atom. The van der Waals surface area contributed by atoms with Crippen LogP contribution < -0.4 is 16.0 Å². The number of halogens is 2. The van der Waals surface area contributed by atoms with Gasteiger partial charge in [-0.15, -0.1) is 17.2 Å². The lowest BCUT2D eigenvalue weighted by molar-refractivity contribution is 0.0940. The monoisotopic (exact) mass is 440 g/mol. The first kappa shape index (κ1) is 22.4. The molecular formula is C17H18ClFN6O3S. The third-order valence-electron chi connectivity index (χ3n) is 3.73. The first-order valence-electron chi connectivity index (χ1n) is 8.09. The lowest BCUT2D eigenvalue weighted by atomic mass is 10.2. The Morgan fingerprint density at radius 3 is 2.66 bits per heavy atom. The van der Waals surface area contributed by atoms with Gasteiger partial charge in [0.05, 0.1) is 11.9 Å². The number of nitrogens with zero attached hydrogens (tertiary/aromatic N) is 3. The fourth-order valence-electron chi connectivity index (χ4n) is 2.40. The molecule has 4 N–H and O–H groups in total. The Kier molecular flexibility index (Phi) is 7.03. The molecule has 9 nitrogen and oxygen atoms in total. The molecule has 29 heavy (non-hydrogen) atoms. The number of carbonyl (C=O) groups excluding carboxylic acids is 1. The van der Waals surface area contributed by atoms with E-state index in [1.165, 1.54) is 22.9 Å². The molecule has 0 aliphatic rings. The number of pyridine rings is 1. The summed E-state index contributed by atoms with van der Waals surface area (Å²) in [6, 6.07) is 7.95. The summed E-state index contributed by atoms with van der Waals surface area (Å²) in [5, 5.41) is 4.16. The van der Waals surface area contributed by atoms with Crippen LogP contribution in [0.1, 0.15) is 21.7 Å². The fraction of sp³-hybridized carbons (Fsp3) is 0.118. The Labute approximate surface area is 172 Å². The Balaban J connectivity index is 0.00000300. The van der Waals surface area contributed by atoms with Crippen molar-refractivity contribution in [3.05, 3.63) is 71.6 Å². The molecule has 0 spiro atoms. The minimum Gasteiger partial charge on any atom is -0.326 e. The van der Waals surface area contributed by atoms with Crippen molar-refractivity contribution in [2.24, 2.45) is 5.73 Å². The lowest BCUT2D eigenvalue weighted by Gasteiger charge is -2.10. The average Bonchev–Trinajstić information content (AvgIpc) is 3.15. The van der Waals surface area contributed by atoms with Gasteiger partial charge in [-0.3, -0.25) is 10.2 Å². The zero-order valence-corrected chi connectivity index (χ0v) is 16.8. The third-order valence-corrected chi connectivity index (χ3v) is 5.01. The molecule has 3 aromatic rings. The maximum atomic E-state index is 13.7. The molecule has 0 saturated carbocycles. The predicted molar refractivity (Wildman–Crippen MR) is 105 cm³/mol. The Hall–Kier alpha value is -2.86. The Bertz CT molecular complexity index is 1140. The second-order valence-electron chi connectivity index (χ2n) is 5.84. The minimum absolute atomic E-state index is 0. The van der Waals surface area contributed by atoms with Gasteiger partial charge >= 0.3 is 0 Å². The van der Waals surface area contributed by atoms with Gasteiger partial charge < -0.3 is 5.73 Å². The number of hydrazine groups is 1. The number of nitrogens with two attached hydrogens (primary N) is 1. The van der Waals surface area contributed by atoms with Crippen LogP contribution >= 0.6 is 12.4 Å². The molecule has 12 heteroatoms. The van der Waals surface area contributed by atoms with Crippen LogP contribution in [0.25, 0.3) is 5.69 Å². The molecule has 0 bridgehead atoms. The van der Waals surface area contributed by atoms with Crippen LogP contribution in [-0.2, 0) is 16.6 Å². The van der Waals surface area contributed by atoms with Crippen LogP contribution in [-0.4, -0.2) is 29.1 Å². The molecule has 2 aromatic heterocycles. The molecule has 3 rings (SSSR count). The van der Waals surface area contributed by atoms with Crippen LogP contribution in [0, 0.1) is 12.7 Å². The first-order valence-corrected chi connectivity index (χ1v) is 9.58. The number of sulfonamides is 1. The summed E-state index contributed by atoms with van der Waals surface area (Å²) in [7, 11) is -4.28. The predicted octanol–water partition coefficient (Wildman–Crippen LogP) is 1.22. The topological polar surface area (TPSA) is 132 Å². The summed E-state index contributed by atoms with van der Waals surface area (Å²) in [5.41, 5.74) is 9.42. The second kappa shape index (κ2) is 9.09. The maximum Gasteiger partial charge on any atom is 0.284 e. The van der Waals surface area contributed by atoms with E-state index in [0.29, 0.717) is 17.9 Å². The summed E-state index contributed by atoms with van der Waals surface area (Å²) in [6.45, 7) is 1.99. The molecule has 0 fully saturated rings. The highest BCUT2D eigenvalue weighted by Crippen LogP contribution is 2.14. The highest BCUT2D eigenvalue weighted by atomic mass is 35.5. The minimum atomic E-state index is -4.28. The summed E-state index contributed by atoms with van der Waals surface area (Å²) < 4.78 is 39.6. The van der Waals surface area contributed by atoms with E-state index < -0.39 is 26.6 Å². The van der Waals surface area contributed by atoms with E-state index in [4.69, 9.17) is 5.73 Å². The van der Waals surface area contributed by atoms with Crippen LogP contribution in [0.3, 0.4) is 0 Å². The molecule has 0 atom stereocenters. The van der Waals surface area contributed by atoms with E-state index in [2.05, 4.69) is 10.1 Å². The van der Waals surface area contributed by atoms with Gasteiger partial charge in [0, 0.05) is 24.0 Å². The van der Waals surface area contributed by atoms with E-state index in [-0.39, 0.29) is 18.1 Å². The van der Waals surface area contributed by atoms with Crippen LogP contribution in [0.15, 0.2) is 53.7 Å². The number of aryl methyl sites for hydroxylation is 1. The SMILES string of the molecule is Cc1cc(-n2cc(CN)cn2)cc(C(=O)NNS(=O)(=O)c2ccccc2F)n1.Cl. The largest absolute Gasteiger partial charge is 0.326 e. The zero-order chi connectivity index (χ0) is 20.3. The van der Waals surface area contributed by atoms with E-state index in [1.54, 1.807) is 25.4 Å². The van der Waals surface area contributed by atoms with Crippen LogP contribution in [0.2, 0.25) is 0 Å². The molecule has 0 saturated heterocycles. The lowest BCUT2D eigenvalue weighted by Crippen LogP contribution is -2.42. The zero-order valence-electron chi connectivity index (χ0n) is 15.2. The van der Waals surface area contributed by atoms with Crippen LogP contribution in [0.4, 0.5) is 4.39 Å². The molecule has 1 aromatic carbocycles. The number of carbonyl (C=O) groups is 1. The molecule has 0 radical (unpaired) electrons. The highest BCUT2D eigenvalue weighted by Gasteiger charge is 2.20. The normalized spacial score (nSPS) is 11.0. The highest BCUT2D eigenvalue weighted by molar-refractivity contribution is 7.89. The van der Waals surface area contributed by atoms with Crippen LogP contribution in [0.5, 0.6) is 0 Å². The van der Waals surface area contributed by atoms with Gasteiger partial charge in [0.15, 0.2) is 0 Å². The molecule has 2 heterocycles. The quantitative estimate of drug-likeness (QED) is 0.494. The van der Waals surface area contributed by atoms with E-state index >= 15 is 0 Å². The van der Waals surface area contributed by atoms with Gasteiger partial charge in [0.2, 0.25) is 0 Å². The Morgan fingerprint density at radius 2 is 2.00 bits per heavy atom. The number of rotatable bonds is 6. The first-order chi connectivity index (χ1) is 13.3. The van der Waals surface area contributed by atoms with Crippen molar-refractivity contribution in [1.82, 2.24) is 25.0 Å². The van der Waals surface area contributed by atoms with E-state index in [0.717, 1.165) is 17.7 Å². The van der Waals surface area contributed by atoms with Gasteiger partial charge in [-0.1, -0.05) is 12.1 Å². The van der Waals surface area contributed by atoms with Crippen molar-refractivity contribution >= 4 is 28.3 Å². The van der Waals surface area contributed by atoms with Crippen molar-refractivity contribution in [3.8, 4) is 5.69 Å². The van der Waals surface area contributed by atoms with Gasteiger partial charge in [0.1, 0.15) is 16.4 Å². The number of hydrogen-bond donors (Lipinski definition) is 3. The van der Waals surface area contributed by atoms with Crippen molar-refractivity contribution in [2.75, 3.05) is 0 Å². The summed E-state index contributed by atoms with van der Waals surface area (Å²) in [6.07, 6.45) is 3.30. The molecule has 0 aliphatic heterocycles. The molecule has 0 unspecified atom stereocenters. The molecule has 0 aliphatic carbocycles. The fourth-order valence-corrected chi connectivity index (χ4v) is 3.32. The maximum absolute atomic E-state index is 13.7. The van der Waals surface area contributed by atoms with E-state index in [9.17, 15) is 17.6 Å². The van der Waals surface area contributed by atoms with Crippen molar-refractivity contribution in [3.63, 3.8) is 0 Å². The summed E-state index contributed by atoms with van der Waals surface area (Å²) in [5.74, 6) is -1.74. The molecular weight excluding hydrogens is 423 g/mol. The van der Waals surface area contributed by atoms with Gasteiger partial charge in [-0.05, 0) is 31.2 Å². The number of amides is 1. The number of hydrogen-bond acceptors (Lipinski definition) is 6. The summed E-state index contributed by atoms with van der Waals surface area (Å²) >= 11 is 0. The second-order valence-corrected chi connectivity index (χ2v) is 7.49. The standard InChI is InChI=1S/C17H17FN6O3S.ClH/c1-11-6-13(24-10-12(8-19)9-20-24)7-15(21-11)17(25)22-23-28(26,27)16-5-3-2-4-14(16)18;/h2-7,9-10,23H,8,19H2,1H3,(H,22,25);1H. The molecule has 154 valence electrons. The third kappa shape index (κ3) is 5.15. The smallest absolute Gasteiger partial charge is 0.284 e. The number of benzene rings is 1. The van der Waals surface area contributed by atoms with Gasteiger partial charge in [-0.25, -0.2) is 22.5 Å². The number of nitrogens with one attached hydrogen (secondary N) is 2. The van der Waals surface area contributed by atoms with Crippen molar-refractivity contribution < 1.29 is 17.6 Å². The number of aromatic nitrogens is 3. The summed E-state index contributed by atoms with van der Waals surface area (Å²) in [4.78, 5) is 17.7. The van der Waals surface area contributed by atoms with Crippen molar-refractivity contribution in [1.29, 1.82) is 0 Å². The van der Waals surface area contributed by atoms with Gasteiger partial charge in [-0.2, -0.15) is 5.10 Å². The van der Waals surface area contributed by atoms with E-state index in [1.807, 2.05) is 10.3 Å². The van der Waals surface area contributed by atoms with Gasteiger partial charge in [0.25, 0.3) is 15.9 Å².